The van der Waals surface area contributed by atoms with Gasteiger partial charge in [0.15, 0.2) is 0 Å². The highest BCUT2D eigenvalue weighted by molar-refractivity contribution is 5.78. The molecule has 3 nitrogen and oxygen atoms in total. The fraction of sp³-hybridized carbons (Fsp3) is 0.857. The molecule has 1 atom stereocenters. The third-order valence-electron chi connectivity index (χ3n) is 2.07. The molecule has 1 heterocycles. The Balaban J connectivity index is 2.41. The molecule has 0 radical (unpaired) electrons. The van der Waals surface area contributed by atoms with Gasteiger partial charge in [-0.2, -0.15) is 0 Å². The lowest BCUT2D eigenvalue weighted by Gasteiger charge is -2.18. The largest absolute Gasteiger partial charge is 0.341 e. The van der Waals surface area contributed by atoms with Crippen molar-refractivity contribution in [3.8, 4) is 0 Å². The Morgan fingerprint density at radius 1 is 1.80 bits per heavy atom. The summed E-state index contributed by atoms with van der Waals surface area (Å²) in [5.41, 5.74) is 0. The van der Waals surface area contributed by atoms with Crippen molar-refractivity contribution in [2.24, 2.45) is 0 Å². The van der Waals surface area contributed by atoms with Crippen LogP contribution in [0.2, 0.25) is 0 Å². The molecule has 0 aromatic carbocycles. The van der Waals surface area contributed by atoms with Gasteiger partial charge in [0, 0.05) is 26.1 Å². The highest BCUT2D eigenvalue weighted by atomic mass is 16.2. The van der Waals surface area contributed by atoms with Gasteiger partial charge in [-0.15, -0.1) is 0 Å². The van der Waals surface area contributed by atoms with Crippen molar-refractivity contribution in [1.82, 2.24) is 10.2 Å². The molecular formula is C7H14N2O. The second-order valence-electron chi connectivity index (χ2n) is 2.75. The molecule has 0 spiro atoms. The van der Waals surface area contributed by atoms with Crippen molar-refractivity contribution in [2.45, 2.75) is 18.9 Å². The summed E-state index contributed by atoms with van der Waals surface area (Å²) in [5.74, 6) is 0.278. The molecule has 3 heteroatoms. The van der Waals surface area contributed by atoms with Gasteiger partial charge < -0.3 is 10.2 Å². The average Bonchev–Trinajstić information content (AvgIpc) is 2.20. The Bertz CT molecular complexity index is 136. The van der Waals surface area contributed by atoms with E-state index in [2.05, 4.69) is 5.32 Å². The Kier molecular flexibility index (Phi) is 2.27. The number of carbonyl (C=O) groups is 1. The first-order valence-corrected chi connectivity index (χ1v) is 3.66. The lowest BCUT2D eigenvalue weighted by molar-refractivity contribution is -0.127. The maximum Gasteiger partial charge on any atom is 0.222 e. The molecule has 1 N–H and O–H groups in total. The molecule has 1 aliphatic heterocycles. The van der Waals surface area contributed by atoms with Gasteiger partial charge in [-0.05, 0) is 13.5 Å². The number of carbonyl (C=O) groups excluding carboxylic acids is 1. The van der Waals surface area contributed by atoms with E-state index in [1.54, 1.807) is 0 Å². The summed E-state index contributed by atoms with van der Waals surface area (Å²) in [6.07, 6.45) is 1.74. The second-order valence-corrected chi connectivity index (χ2v) is 2.75. The summed E-state index contributed by atoms with van der Waals surface area (Å²) in [5, 5.41) is 3.07. The molecule has 1 saturated heterocycles. The van der Waals surface area contributed by atoms with Crippen molar-refractivity contribution in [3.63, 3.8) is 0 Å². The van der Waals surface area contributed by atoms with Crippen molar-refractivity contribution < 1.29 is 4.79 Å². The average molecular weight is 142 g/mol. The molecule has 0 aromatic rings. The summed E-state index contributed by atoms with van der Waals surface area (Å²) in [7, 11) is 3.79. The molecule has 1 unspecified atom stereocenters. The van der Waals surface area contributed by atoms with Crippen LogP contribution in [0.15, 0.2) is 0 Å². The van der Waals surface area contributed by atoms with E-state index in [0.29, 0.717) is 6.04 Å². The molecule has 58 valence electrons. The fourth-order valence-corrected chi connectivity index (χ4v) is 1.34. The van der Waals surface area contributed by atoms with Crippen LogP contribution in [0.4, 0.5) is 0 Å². The molecule has 1 fully saturated rings. The number of nitrogens with one attached hydrogen (secondary N) is 1. The van der Waals surface area contributed by atoms with Crippen LogP contribution in [0.3, 0.4) is 0 Å². The maximum absolute atomic E-state index is 11.0. The Morgan fingerprint density at radius 3 is 2.90 bits per heavy atom. The first-order chi connectivity index (χ1) is 4.75. The van der Waals surface area contributed by atoms with E-state index in [-0.39, 0.29) is 5.91 Å². The third kappa shape index (κ3) is 1.29. The number of hydrogen-bond acceptors (Lipinski definition) is 2. The summed E-state index contributed by atoms with van der Waals surface area (Å²) >= 11 is 0. The number of likely N-dealkylation sites (N-methyl/N-ethyl adjacent to an activating group) is 2. The summed E-state index contributed by atoms with van der Waals surface area (Å²) < 4.78 is 0. The van der Waals surface area contributed by atoms with Crippen LogP contribution in [0.5, 0.6) is 0 Å². The van der Waals surface area contributed by atoms with E-state index in [9.17, 15) is 4.79 Å². The van der Waals surface area contributed by atoms with Crippen molar-refractivity contribution >= 4 is 5.91 Å². The monoisotopic (exact) mass is 142 g/mol. The van der Waals surface area contributed by atoms with E-state index in [1.165, 1.54) is 0 Å². The van der Waals surface area contributed by atoms with Gasteiger partial charge in [0.1, 0.15) is 0 Å². The zero-order chi connectivity index (χ0) is 7.56. The second kappa shape index (κ2) is 3.01. The molecule has 0 saturated carbocycles. The third-order valence-corrected chi connectivity index (χ3v) is 2.07. The zero-order valence-corrected chi connectivity index (χ0v) is 6.55. The lowest BCUT2D eigenvalue weighted by atomic mass is 10.2. The van der Waals surface area contributed by atoms with Gasteiger partial charge >= 0.3 is 0 Å². The molecule has 10 heavy (non-hydrogen) atoms. The smallest absolute Gasteiger partial charge is 0.222 e. The van der Waals surface area contributed by atoms with E-state index in [1.807, 2.05) is 19.0 Å². The fourth-order valence-electron chi connectivity index (χ4n) is 1.34. The quantitative estimate of drug-likeness (QED) is 0.580. The zero-order valence-electron chi connectivity index (χ0n) is 6.55. The lowest BCUT2D eigenvalue weighted by Crippen LogP contribution is -2.35. The number of nitrogens with zero attached hydrogens (tertiary/aromatic N) is 1. The molecule has 0 aliphatic carbocycles. The van der Waals surface area contributed by atoms with Gasteiger partial charge in [-0.1, -0.05) is 0 Å². The van der Waals surface area contributed by atoms with Gasteiger partial charge in [0.25, 0.3) is 0 Å². The normalized spacial score (nSPS) is 26.0. The first kappa shape index (κ1) is 7.54. The minimum atomic E-state index is 0.278. The highest BCUT2D eigenvalue weighted by Gasteiger charge is 2.26. The van der Waals surface area contributed by atoms with Crippen molar-refractivity contribution in [1.29, 1.82) is 0 Å². The van der Waals surface area contributed by atoms with E-state index >= 15 is 0 Å². The molecule has 0 bridgehead atoms. The van der Waals surface area contributed by atoms with Gasteiger partial charge in [0.2, 0.25) is 5.91 Å². The maximum atomic E-state index is 11.0. The number of rotatable bonds is 2. The van der Waals surface area contributed by atoms with Crippen LogP contribution in [0.1, 0.15) is 12.8 Å². The minimum Gasteiger partial charge on any atom is -0.341 e. The Morgan fingerprint density at radius 2 is 2.50 bits per heavy atom. The Hall–Kier alpha value is -0.570. The number of amides is 1. The number of hydrogen-bond donors (Lipinski definition) is 1. The predicted octanol–water partition coefficient (Wildman–Crippen LogP) is -0.173. The molecular weight excluding hydrogens is 128 g/mol. The Labute approximate surface area is 61.4 Å². The summed E-state index contributed by atoms with van der Waals surface area (Å²) in [6, 6.07) is 0.428. The standard InChI is InChI=1S/C7H14N2O/c1-8-5-6-3-4-7(10)9(6)2/h6,8H,3-5H2,1-2H3. The topological polar surface area (TPSA) is 32.3 Å². The molecule has 0 aromatic heterocycles. The molecule has 1 rings (SSSR count). The van der Waals surface area contributed by atoms with Crippen LogP contribution in [-0.2, 0) is 4.79 Å². The van der Waals surface area contributed by atoms with Crippen molar-refractivity contribution in [2.75, 3.05) is 20.6 Å². The minimum absolute atomic E-state index is 0.278. The molecule has 1 aliphatic rings. The van der Waals surface area contributed by atoms with E-state index in [0.717, 1.165) is 19.4 Å². The predicted molar refractivity (Wildman–Crippen MR) is 39.7 cm³/mol. The summed E-state index contributed by atoms with van der Waals surface area (Å²) in [6.45, 7) is 0.919. The van der Waals surface area contributed by atoms with Crippen LogP contribution in [-0.4, -0.2) is 37.5 Å². The van der Waals surface area contributed by atoms with Gasteiger partial charge in [-0.25, -0.2) is 0 Å². The summed E-state index contributed by atoms with van der Waals surface area (Å²) in [4.78, 5) is 12.8. The number of likely N-dealkylation sites (tertiary alicyclic amines) is 1. The van der Waals surface area contributed by atoms with E-state index in [4.69, 9.17) is 0 Å². The van der Waals surface area contributed by atoms with Crippen LogP contribution < -0.4 is 5.32 Å². The van der Waals surface area contributed by atoms with Gasteiger partial charge in [-0.3, -0.25) is 4.79 Å². The van der Waals surface area contributed by atoms with Crippen LogP contribution in [0.25, 0.3) is 0 Å². The van der Waals surface area contributed by atoms with Gasteiger partial charge in [0.05, 0.1) is 0 Å². The first-order valence-electron chi connectivity index (χ1n) is 3.66. The van der Waals surface area contributed by atoms with Crippen LogP contribution in [0, 0.1) is 0 Å². The van der Waals surface area contributed by atoms with Crippen LogP contribution >= 0.6 is 0 Å². The molecule has 1 amide bonds. The SMILES string of the molecule is CNCC1CCC(=O)N1C. The highest BCUT2D eigenvalue weighted by Crippen LogP contribution is 2.14. The van der Waals surface area contributed by atoms with Crippen molar-refractivity contribution in [3.05, 3.63) is 0 Å². The van der Waals surface area contributed by atoms with E-state index < -0.39 is 0 Å².